The van der Waals surface area contributed by atoms with Crippen LogP contribution < -0.4 is 10.6 Å². The monoisotopic (exact) mass is 617 g/mol. The quantitative estimate of drug-likeness (QED) is 0.267. The van der Waals surface area contributed by atoms with Crippen LogP contribution in [-0.4, -0.2) is 35.6 Å². The van der Waals surface area contributed by atoms with Crippen LogP contribution in [0.15, 0.2) is 54.7 Å². The fourth-order valence-electron chi connectivity index (χ4n) is 5.86. The topological polar surface area (TPSA) is 80.3 Å². The summed E-state index contributed by atoms with van der Waals surface area (Å²) in [5.41, 5.74) is 0.0543. The van der Waals surface area contributed by atoms with Crippen molar-refractivity contribution >= 4 is 35.1 Å². The van der Waals surface area contributed by atoms with Gasteiger partial charge in [-0.3, -0.25) is 9.78 Å². The normalized spacial score (nSPS) is 22.2. The van der Waals surface area contributed by atoms with Crippen LogP contribution in [0.2, 0.25) is 10.0 Å². The molecule has 3 aromatic rings. The minimum atomic E-state index is -1.07. The van der Waals surface area contributed by atoms with Crippen molar-refractivity contribution in [1.29, 1.82) is 0 Å². The van der Waals surface area contributed by atoms with Crippen molar-refractivity contribution in [1.82, 2.24) is 15.6 Å². The predicted molar refractivity (Wildman–Crippen MR) is 160 cm³/mol. The zero-order valence-electron chi connectivity index (χ0n) is 24.2. The maximum atomic E-state index is 15.7. The van der Waals surface area contributed by atoms with Gasteiger partial charge in [0, 0.05) is 28.6 Å². The van der Waals surface area contributed by atoms with Gasteiger partial charge in [-0.25, -0.2) is 13.6 Å². The summed E-state index contributed by atoms with van der Waals surface area (Å²) in [6.07, 6.45) is 1.95. The van der Waals surface area contributed by atoms with Gasteiger partial charge in [-0.05, 0) is 60.2 Å². The molecule has 6 nitrogen and oxygen atoms in total. The lowest BCUT2D eigenvalue weighted by atomic mass is 9.63. The molecule has 1 aliphatic heterocycles. The summed E-state index contributed by atoms with van der Waals surface area (Å²) in [5, 5.41) is 6.49. The molecule has 0 saturated carbocycles. The van der Waals surface area contributed by atoms with E-state index in [0.717, 1.165) is 0 Å². The van der Waals surface area contributed by atoms with Gasteiger partial charge in [0.15, 0.2) is 0 Å². The van der Waals surface area contributed by atoms with Crippen LogP contribution in [0.1, 0.15) is 74.1 Å². The smallest absolute Gasteiger partial charge is 0.339 e. The average molecular weight is 619 g/mol. The SMILES string of the molecule is CCOC(=O)c1ccc(CNC(=O)[C@@H]2N[C@@H](CC(C)(C)C)[C@](C)(c3ccc(Cl)cc3F)C2c2cccc(Cl)c2F)nc1. The molecule has 1 aliphatic rings. The summed E-state index contributed by atoms with van der Waals surface area (Å²) in [4.78, 5) is 30.1. The summed E-state index contributed by atoms with van der Waals surface area (Å²) < 4.78 is 36.4. The molecule has 0 radical (unpaired) electrons. The molecule has 10 heteroatoms. The molecule has 1 amide bonds. The maximum absolute atomic E-state index is 15.7. The number of esters is 1. The van der Waals surface area contributed by atoms with E-state index in [4.69, 9.17) is 27.9 Å². The number of amides is 1. The standard InChI is InChI=1S/C32H35Cl2F2N3O3/c1-6-42-30(41)18-10-12-20(37-16-18)17-38-29(40)28-26(21-8-7-9-23(34)27(21)36)32(5,25(39-28)15-31(2,3)4)22-13-11-19(33)14-24(22)35/h7-14,16,25-26,28,39H,6,15,17H2,1-5H3,(H,38,40)/t25-,26?,28+,32-/m0/s1. The first-order valence-corrected chi connectivity index (χ1v) is 14.6. The van der Waals surface area contributed by atoms with E-state index in [1.165, 1.54) is 18.3 Å². The van der Waals surface area contributed by atoms with Crippen molar-refractivity contribution in [2.75, 3.05) is 6.61 Å². The third-order valence-corrected chi connectivity index (χ3v) is 8.32. The van der Waals surface area contributed by atoms with Crippen molar-refractivity contribution in [2.45, 2.75) is 71.0 Å². The second kappa shape index (κ2) is 12.7. The van der Waals surface area contributed by atoms with E-state index < -0.39 is 46.9 Å². The fraction of sp³-hybridized carbons (Fsp3) is 0.406. The summed E-state index contributed by atoms with van der Waals surface area (Å²) in [6.45, 7) is 10.0. The Morgan fingerprint density at radius 2 is 1.86 bits per heavy atom. The highest BCUT2D eigenvalue weighted by Gasteiger charge is 2.57. The van der Waals surface area contributed by atoms with Crippen LogP contribution in [0.5, 0.6) is 0 Å². The molecule has 42 heavy (non-hydrogen) atoms. The first-order chi connectivity index (χ1) is 19.8. The number of nitrogens with one attached hydrogen (secondary N) is 2. The van der Waals surface area contributed by atoms with Gasteiger partial charge in [-0.15, -0.1) is 0 Å². The second-order valence-corrected chi connectivity index (χ2v) is 12.8. The summed E-state index contributed by atoms with van der Waals surface area (Å²) in [6, 6.07) is 10.9. The van der Waals surface area contributed by atoms with E-state index in [-0.39, 0.29) is 34.2 Å². The highest BCUT2D eigenvalue weighted by atomic mass is 35.5. The minimum Gasteiger partial charge on any atom is -0.462 e. The van der Waals surface area contributed by atoms with Gasteiger partial charge >= 0.3 is 5.97 Å². The molecule has 1 fully saturated rings. The molecule has 4 atom stereocenters. The van der Waals surface area contributed by atoms with E-state index in [1.54, 1.807) is 43.3 Å². The van der Waals surface area contributed by atoms with Crippen LogP contribution in [-0.2, 0) is 21.5 Å². The number of hydrogen-bond donors (Lipinski definition) is 2. The molecule has 0 spiro atoms. The molecule has 2 heterocycles. The van der Waals surface area contributed by atoms with Crippen LogP contribution in [0.25, 0.3) is 0 Å². The molecule has 1 aromatic heterocycles. The summed E-state index contributed by atoms with van der Waals surface area (Å²) >= 11 is 12.3. The second-order valence-electron chi connectivity index (χ2n) is 12.0. The molecule has 0 aliphatic carbocycles. The highest BCUT2D eigenvalue weighted by molar-refractivity contribution is 6.31. The summed E-state index contributed by atoms with van der Waals surface area (Å²) in [5.74, 6) is -2.92. The molecule has 1 saturated heterocycles. The number of pyridine rings is 1. The van der Waals surface area contributed by atoms with E-state index in [9.17, 15) is 9.59 Å². The molecule has 2 N–H and O–H groups in total. The molecule has 224 valence electrons. The third kappa shape index (κ3) is 6.61. The Kier molecular flexibility index (Phi) is 9.60. The third-order valence-electron chi connectivity index (χ3n) is 7.79. The van der Waals surface area contributed by atoms with Crippen molar-refractivity contribution in [3.8, 4) is 0 Å². The van der Waals surface area contributed by atoms with Crippen LogP contribution in [0.4, 0.5) is 8.78 Å². The highest BCUT2D eigenvalue weighted by Crippen LogP contribution is 2.52. The van der Waals surface area contributed by atoms with Gasteiger partial charge in [0.1, 0.15) is 11.6 Å². The van der Waals surface area contributed by atoms with Gasteiger partial charge in [-0.2, -0.15) is 0 Å². The van der Waals surface area contributed by atoms with Crippen LogP contribution in [0.3, 0.4) is 0 Å². The van der Waals surface area contributed by atoms with E-state index in [0.29, 0.717) is 23.2 Å². The summed E-state index contributed by atoms with van der Waals surface area (Å²) in [7, 11) is 0. The molecule has 1 unspecified atom stereocenters. The van der Waals surface area contributed by atoms with Crippen molar-refractivity contribution in [3.63, 3.8) is 0 Å². The largest absolute Gasteiger partial charge is 0.462 e. The predicted octanol–water partition coefficient (Wildman–Crippen LogP) is 6.98. The average Bonchev–Trinajstić information content (AvgIpc) is 3.20. The van der Waals surface area contributed by atoms with Gasteiger partial charge in [0.25, 0.3) is 0 Å². The Bertz CT molecular complexity index is 1460. The first-order valence-electron chi connectivity index (χ1n) is 13.8. The first kappa shape index (κ1) is 31.9. The molecular weight excluding hydrogens is 583 g/mol. The van der Waals surface area contributed by atoms with Gasteiger partial charge < -0.3 is 15.4 Å². The van der Waals surface area contributed by atoms with Crippen LogP contribution in [0, 0.1) is 17.0 Å². The van der Waals surface area contributed by atoms with Crippen LogP contribution >= 0.6 is 23.2 Å². The number of hydrogen-bond acceptors (Lipinski definition) is 5. The van der Waals surface area contributed by atoms with E-state index in [1.807, 2.05) is 6.92 Å². The maximum Gasteiger partial charge on any atom is 0.339 e. The molecule has 2 aromatic carbocycles. The molecular formula is C32H35Cl2F2N3O3. The lowest BCUT2D eigenvalue weighted by Crippen LogP contribution is -2.45. The number of nitrogens with zero attached hydrogens (tertiary/aromatic N) is 1. The van der Waals surface area contributed by atoms with Crippen molar-refractivity contribution in [3.05, 3.63) is 98.8 Å². The van der Waals surface area contributed by atoms with Crippen molar-refractivity contribution < 1.29 is 23.1 Å². The number of ether oxygens (including phenoxy) is 1. The zero-order chi connectivity index (χ0) is 30.8. The molecule has 0 bridgehead atoms. The minimum absolute atomic E-state index is 0.0564. The Hall–Kier alpha value is -3.07. The number of benzene rings is 2. The van der Waals surface area contributed by atoms with Gasteiger partial charge in [0.2, 0.25) is 5.91 Å². The van der Waals surface area contributed by atoms with Gasteiger partial charge in [-0.1, -0.05) is 69.1 Å². The molecule has 4 rings (SSSR count). The number of halogens is 4. The Labute approximate surface area is 255 Å². The van der Waals surface area contributed by atoms with Gasteiger partial charge in [0.05, 0.1) is 35.5 Å². The number of rotatable bonds is 8. The van der Waals surface area contributed by atoms with E-state index in [2.05, 4.69) is 36.4 Å². The Balaban J connectivity index is 1.75. The number of carbonyl (C=O) groups excluding carboxylic acids is 2. The zero-order valence-corrected chi connectivity index (χ0v) is 25.7. The number of aromatic nitrogens is 1. The Morgan fingerprint density at radius 3 is 2.48 bits per heavy atom. The lowest BCUT2D eigenvalue weighted by molar-refractivity contribution is -0.123. The fourth-order valence-corrected chi connectivity index (χ4v) is 6.20. The lowest BCUT2D eigenvalue weighted by Gasteiger charge is -2.40. The van der Waals surface area contributed by atoms with Crippen molar-refractivity contribution in [2.24, 2.45) is 5.41 Å². The van der Waals surface area contributed by atoms with E-state index >= 15 is 8.78 Å². The Morgan fingerprint density at radius 1 is 1.12 bits per heavy atom. The number of carbonyl (C=O) groups is 2.